The Kier molecular flexibility index (Phi) is 5.55. The topological polar surface area (TPSA) is 43.6 Å². The standard InChI is InChI=1S/C17H23NO3/c1-4-13-7-8-15(21-13)12-18-16-11-14(19-5-2)9-10-17(16)20-6-3/h7-11,18H,4-6,12H2,1-3H3. The van der Waals surface area contributed by atoms with Gasteiger partial charge in [0.25, 0.3) is 0 Å². The highest BCUT2D eigenvalue weighted by atomic mass is 16.5. The highest BCUT2D eigenvalue weighted by molar-refractivity contribution is 5.59. The van der Waals surface area contributed by atoms with Crippen LogP contribution in [-0.4, -0.2) is 13.2 Å². The molecule has 0 saturated carbocycles. The van der Waals surface area contributed by atoms with E-state index < -0.39 is 0 Å². The predicted octanol–water partition coefficient (Wildman–Crippen LogP) is 4.25. The van der Waals surface area contributed by atoms with Crippen molar-refractivity contribution < 1.29 is 13.9 Å². The number of furan rings is 1. The molecule has 1 N–H and O–H groups in total. The molecule has 0 radical (unpaired) electrons. The van der Waals surface area contributed by atoms with Crippen molar-refractivity contribution in [3.05, 3.63) is 41.9 Å². The molecule has 2 aromatic rings. The summed E-state index contributed by atoms with van der Waals surface area (Å²) in [5, 5.41) is 3.35. The number of benzene rings is 1. The smallest absolute Gasteiger partial charge is 0.142 e. The highest BCUT2D eigenvalue weighted by Gasteiger charge is 2.07. The first-order valence-corrected chi connectivity index (χ1v) is 7.47. The summed E-state index contributed by atoms with van der Waals surface area (Å²) in [6.07, 6.45) is 0.907. The zero-order chi connectivity index (χ0) is 15.1. The minimum absolute atomic E-state index is 0.621. The molecule has 0 fully saturated rings. The third kappa shape index (κ3) is 4.18. The van der Waals surface area contributed by atoms with Crippen molar-refractivity contribution in [1.82, 2.24) is 0 Å². The predicted molar refractivity (Wildman–Crippen MR) is 84.2 cm³/mol. The molecular weight excluding hydrogens is 266 g/mol. The summed E-state index contributed by atoms with van der Waals surface area (Å²) in [6.45, 7) is 7.91. The summed E-state index contributed by atoms with van der Waals surface area (Å²) in [5.74, 6) is 3.57. The van der Waals surface area contributed by atoms with Crippen molar-refractivity contribution in [2.24, 2.45) is 0 Å². The minimum atomic E-state index is 0.621. The maximum Gasteiger partial charge on any atom is 0.142 e. The van der Waals surface area contributed by atoms with Gasteiger partial charge in [-0.2, -0.15) is 0 Å². The number of hydrogen-bond acceptors (Lipinski definition) is 4. The molecule has 1 aromatic heterocycles. The Morgan fingerprint density at radius 1 is 0.952 bits per heavy atom. The van der Waals surface area contributed by atoms with E-state index in [0.29, 0.717) is 19.8 Å². The molecule has 0 aliphatic rings. The molecule has 0 amide bonds. The first-order valence-electron chi connectivity index (χ1n) is 7.47. The van der Waals surface area contributed by atoms with Crippen molar-refractivity contribution >= 4 is 5.69 Å². The largest absolute Gasteiger partial charge is 0.494 e. The fourth-order valence-corrected chi connectivity index (χ4v) is 2.07. The molecule has 1 heterocycles. The Morgan fingerprint density at radius 3 is 2.38 bits per heavy atom. The van der Waals surface area contributed by atoms with Crippen LogP contribution in [0, 0.1) is 0 Å². The Bertz CT molecular complexity index is 563. The van der Waals surface area contributed by atoms with E-state index in [0.717, 1.165) is 35.1 Å². The van der Waals surface area contributed by atoms with Crippen LogP contribution < -0.4 is 14.8 Å². The van der Waals surface area contributed by atoms with Crippen LogP contribution in [0.3, 0.4) is 0 Å². The molecule has 2 rings (SSSR count). The average Bonchev–Trinajstić information content (AvgIpc) is 2.96. The van der Waals surface area contributed by atoms with Crippen molar-refractivity contribution in [3.63, 3.8) is 0 Å². The maximum absolute atomic E-state index is 5.70. The molecular formula is C17H23NO3. The third-order valence-electron chi connectivity index (χ3n) is 3.08. The molecule has 21 heavy (non-hydrogen) atoms. The maximum atomic E-state index is 5.70. The van der Waals surface area contributed by atoms with E-state index in [9.17, 15) is 0 Å². The summed E-state index contributed by atoms with van der Waals surface area (Å²) >= 11 is 0. The lowest BCUT2D eigenvalue weighted by atomic mass is 10.2. The van der Waals surface area contributed by atoms with E-state index in [-0.39, 0.29) is 0 Å². The van der Waals surface area contributed by atoms with E-state index in [1.165, 1.54) is 0 Å². The van der Waals surface area contributed by atoms with E-state index in [4.69, 9.17) is 13.9 Å². The second-order valence-electron chi connectivity index (χ2n) is 4.60. The molecule has 0 atom stereocenters. The second-order valence-corrected chi connectivity index (χ2v) is 4.60. The van der Waals surface area contributed by atoms with Crippen molar-refractivity contribution in [2.75, 3.05) is 18.5 Å². The van der Waals surface area contributed by atoms with Gasteiger partial charge < -0.3 is 19.2 Å². The number of rotatable bonds is 8. The van der Waals surface area contributed by atoms with Crippen LogP contribution in [0.4, 0.5) is 5.69 Å². The van der Waals surface area contributed by atoms with Crippen LogP contribution in [0.15, 0.2) is 34.7 Å². The van der Waals surface area contributed by atoms with Crippen LogP contribution in [0.25, 0.3) is 0 Å². The summed E-state index contributed by atoms with van der Waals surface area (Å²) in [5.41, 5.74) is 0.914. The zero-order valence-corrected chi connectivity index (χ0v) is 12.9. The van der Waals surface area contributed by atoms with Crippen molar-refractivity contribution in [3.8, 4) is 11.5 Å². The first kappa shape index (κ1) is 15.3. The zero-order valence-electron chi connectivity index (χ0n) is 12.9. The quantitative estimate of drug-likeness (QED) is 0.789. The van der Waals surface area contributed by atoms with E-state index >= 15 is 0 Å². The summed E-state index contributed by atoms with van der Waals surface area (Å²) in [7, 11) is 0. The first-order chi connectivity index (χ1) is 10.3. The molecule has 0 bridgehead atoms. The van der Waals surface area contributed by atoms with Gasteiger partial charge in [-0.1, -0.05) is 6.92 Å². The van der Waals surface area contributed by atoms with Crippen LogP contribution in [-0.2, 0) is 13.0 Å². The molecule has 0 aliphatic heterocycles. The van der Waals surface area contributed by atoms with Gasteiger partial charge in [0.2, 0.25) is 0 Å². The van der Waals surface area contributed by atoms with Gasteiger partial charge in [0.05, 0.1) is 25.4 Å². The molecule has 1 aromatic carbocycles. The van der Waals surface area contributed by atoms with Gasteiger partial charge in [0, 0.05) is 12.5 Å². The van der Waals surface area contributed by atoms with Gasteiger partial charge >= 0.3 is 0 Å². The van der Waals surface area contributed by atoms with Crippen LogP contribution in [0.5, 0.6) is 11.5 Å². The second kappa shape index (κ2) is 7.62. The van der Waals surface area contributed by atoms with Gasteiger partial charge in [-0.05, 0) is 38.1 Å². The molecule has 114 valence electrons. The summed E-state index contributed by atoms with van der Waals surface area (Å²) in [6, 6.07) is 9.81. The SMILES string of the molecule is CCOc1ccc(OCC)c(NCc2ccc(CC)o2)c1. The van der Waals surface area contributed by atoms with Crippen molar-refractivity contribution in [1.29, 1.82) is 0 Å². The normalized spacial score (nSPS) is 10.4. The Labute approximate surface area is 126 Å². The number of aryl methyl sites for hydroxylation is 1. The van der Waals surface area contributed by atoms with Gasteiger partial charge in [0.15, 0.2) is 0 Å². The van der Waals surface area contributed by atoms with Gasteiger partial charge in [-0.15, -0.1) is 0 Å². The summed E-state index contributed by atoms with van der Waals surface area (Å²) < 4.78 is 16.9. The molecule has 4 nitrogen and oxygen atoms in total. The molecule has 0 saturated heterocycles. The minimum Gasteiger partial charge on any atom is -0.494 e. The Hall–Kier alpha value is -2.10. The number of anilines is 1. The molecule has 4 heteroatoms. The fourth-order valence-electron chi connectivity index (χ4n) is 2.07. The van der Waals surface area contributed by atoms with E-state index in [1.807, 2.05) is 44.2 Å². The number of nitrogens with one attached hydrogen (secondary N) is 1. The van der Waals surface area contributed by atoms with Crippen LogP contribution >= 0.6 is 0 Å². The third-order valence-corrected chi connectivity index (χ3v) is 3.08. The van der Waals surface area contributed by atoms with Gasteiger partial charge in [-0.25, -0.2) is 0 Å². The lowest BCUT2D eigenvalue weighted by Crippen LogP contribution is -2.03. The Morgan fingerprint density at radius 2 is 1.71 bits per heavy atom. The average molecular weight is 289 g/mol. The summed E-state index contributed by atoms with van der Waals surface area (Å²) in [4.78, 5) is 0. The van der Waals surface area contributed by atoms with Crippen molar-refractivity contribution in [2.45, 2.75) is 33.7 Å². The van der Waals surface area contributed by atoms with Crippen LogP contribution in [0.2, 0.25) is 0 Å². The number of ether oxygens (including phenoxy) is 2. The highest BCUT2D eigenvalue weighted by Crippen LogP contribution is 2.30. The van der Waals surface area contributed by atoms with E-state index in [2.05, 4.69) is 12.2 Å². The van der Waals surface area contributed by atoms with Gasteiger partial charge in [-0.3, -0.25) is 0 Å². The lowest BCUT2D eigenvalue weighted by molar-refractivity contribution is 0.331. The Balaban J connectivity index is 2.09. The van der Waals surface area contributed by atoms with Crippen LogP contribution in [0.1, 0.15) is 32.3 Å². The lowest BCUT2D eigenvalue weighted by Gasteiger charge is -2.13. The molecule has 0 aliphatic carbocycles. The fraction of sp³-hybridized carbons (Fsp3) is 0.412. The molecule has 0 spiro atoms. The van der Waals surface area contributed by atoms with Gasteiger partial charge in [0.1, 0.15) is 23.0 Å². The number of hydrogen-bond donors (Lipinski definition) is 1. The van der Waals surface area contributed by atoms with E-state index in [1.54, 1.807) is 0 Å². The monoisotopic (exact) mass is 289 g/mol. The molecule has 0 unspecified atom stereocenters.